The minimum atomic E-state index is 1.24. The Morgan fingerprint density at radius 3 is 1.76 bits per heavy atom. The molecule has 0 spiro atoms. The van der Waals surface area contributed by atoms with Gasteiger partial charge in [0.15, 0.2) is 0 Å². The third-order valence-electron chi connectivity index (χ3n) is 5.57. The highest BCUT2D eigenvalue weighted by Crippen LogP contribution is 2.38. The molecule has 5 aromatic rings. The molecule has 0 unspecified atom stereocenters. The van der Waals surface area contributed by atoms with Crippen molar-refractivity contribution in [2.45, 2.75) is 6.92 Å². The minimum absolute atomic E-state index is 1.24. The molecule has 0 bridgehead atoms. The normalized spacial score (nSPS) is 10.9. The SMILES string of the molecule is Cc1ccc(-c2c(-c3ccc(-c4ccccc4)cc3)ccc3ccccc23)cc1. The van der Waals surface area contributed by atoms with Gasteiger partial charge in [0.1, 0.15) is 0 Å². The smallest absolute Gasteiger partial charge is 0.00268 e. The second-order valence-electron chi connectivity index (χ2n) is 7.52. The first-order valence-electron chi connectivity index (χ1n) is 10.0. The van der Waals surface area contributed by atoms with Gasteiger partial charge in [-0.05, 0) is 51.1 Å². The zero-order chi connectivity index (χ0) is 19.6. The number of benzene rings is 5. The van der Waals surface area contributed by atoms with Gasteiger partial charge in [0.25, 0.3) is 0 Å². The number of hydrogen-bond acceptors (Lipinski definition) is 0. The van der Waals surface area contributed by atoms with E-state index in [-0.39, 0.29) is 0 Å². The van der Waals surface area contributed by atoms with Crippen molar-refractivity contribution in [1.82, 2.24) is 0 Å². The molecule has 5 aromatic carbocycles. The fourth-order valence-corrected chi connectivity index (χ4v) is 4.02. The van der Waals surface area contributed by atoms with Crippen LogP contribution in [0.15, 0.2) is 115 Å². The molecular formula is C29H22. The predicted octanol–water partition coefficient (Wildman–Crippen LogP) is 8.15. The Kier molecular flexibility index (Phi) is 4.46. The van der Waals surface area contributed by atoms with Gasteiger partial charge in [-0.25, -0.2) is 0 Å². The molecule has 0 heteroatoms. The molecule has 0 aliphatic rings. The Morgan fingerprint density at radius 2 is 1.00 bits per heavy atom. The Morgan fingerprint density at radius 1 is 0.414 bits per heavy atom. The number of hydrogen-bond donors (Lipinski definition) is 0. The molecule has 5 rings (SSSR count). The first-order valence-corrected chi connectivity index (χ1v) is 10.0. The first kappa shape index (κ1) is 17.5. The lowest BCUT2D eigenvalue weighted by molar-refractivity contribution is 1.47. The summed E-state index contributed by atoms with van der Waals surface area (Å²) in [6.07, 6.45) is 0. The van der Waals surface area contributed by atoms with Crippen LogP contribution in [0.4, 0.5) is 0 Å². The molecular weight excluding hydrogens is 348 g/mol. The fourth-order valence-electron chi connectivity index (χ4n) is 4.02. The number of aryl methyl sites for hydroxylation is 1. The Labute approximate surface area is 172 Å². The second-order valence-corrected chi connectivity index (χ2v) is 7.52. The quantitative estimate of drug-likeness (QED) is 0.300. The average molecular weight is 370 g/mol. The van der Waals surface area contributed by atoms with Crippen molar-refractivity contribution in [2.75, 3.05) is 0 Å². The molecule has 0 N–H and O–H groups in total. The van der Waals surface area contributed by atoms with E-state index >= 15 is 0 Å². The summed E-state index contributed by atoms with van der Waals surface area (Å²) < 4.78 is 0. The summed E-state index contributed by atoms with van der Waals surface area (Å²) in [5.41, 5.74) is 8.84. The van der Waals surface area contributed by atoms with Crippen molar-refractivity contribution < 1.29 is 0 Å². The van der Waals surface area contributed by atoms with Crippen molar-refractivity contribution in [3.8, 4) is 33.4 Å². The van der Waals surface area contributed by atoms with E-state index in [0.29, 0.717) is 0 Å². The minimum Gasteiger partial charge on any atom is -0.0622 e. The topological polar surface area (TPSA) is 0 Å². The fraction of sp³-hybridized carbons (Fsp3) is 0.0345. The van der Waals surface area contributed by atoms with Crippen LogP contribution in [-0.4, -0.2) is 0 Å². The van der Waals surface area contributed by atoms with Crippen LogP contribution in [0.1, 0.15) is 5.56 Å². The van der Waals surface area contributed by atoms with Gasteiger partial charge in [-0.1, -0.05) is 121 Å². The highest BCUT2D eigenvalue weighted by molar-refractivity contribution is 6.04. The van der Waals surface area contributed by atoms with E-state index in [1.165, 1.54) is 49.7 Å². The highest BCUT2D eigenvalue weighted by Gasteiger charge is 2.12. The summed E-state index contributed by atoms with van der Waals surface area (Å²) in [4.78, 5) is 0. The van der Waals surface area contributed by atoms with E-state index in [2.05, 4.69) is 122 Å². The molecule has 0 saturated heterocycles. The second kappa shape index (κ2) is 7.41. The van der Waals surface area contributed by atoms with E-state index in [1.807, 2.05) is 0 Å². The molecule has 0 radical (unpaired) electrons. The van der Waals surface area contributed by atoms with Crippen molar-refractivity contribution >= 4 is 10.8 Å². The maximum Gasteiger partial charge on any atom is -0.00268 e. The lowest BCUT2D eigenvalue weighted by Gasteiger charge is -2.15. The molecule has 0 aliphatic heterocycles. The van der Waals surface area contributed by atoms with Crippen LogP contribution in [0.3, 0.4) is 0 Å². The van der Waals surface area contributed by atoms with Crippen LogP contribution in [-0.2, 0) is 0 Å². The van der Waals surface area contributed by atoms with Crippen LogP contribution in [0.2, 0.25) is 0 Å². The molecule has 29 heavy (non-hydrogen) atoms. The number of rotatable bonds is 3. The molecule has 0 atom stereocenters. The van der Waals surface area contributed by atoms with E-state index in [1.54, 1.807) is 0 Å². The molecule has 0 aromatic heterocycles. The predicted molar refractivity (Wildman–Crippen MR) is 125 cm³/mol. The van der Waals surface area contributed by atoms with Crippen molar-refractivity contribution in [1.29, 1.82) is 0 Å². The van der Waals surface area contributed by atoms with Crippen LogP contribution < -0.4 is 0 Å². The Hall–Kier alpha value is -3.64. The van der Waals surface area contributed by atoms with E-state index in [0.717, 1.165) is 0 Å². The molecule has 0 nitrogen and oxygen atoms in total. The zero-order valence-electron chi connectivity index (χ0n) is 16.5. The summed E-state index contributed by atoms with van der Waals surface area (Å²) in [7, 11) is 0. The molecule has 138 valence electrons. The lowest BCUT2D eigenvalue weighted by atomic mass is 9.89. The van der Waals surface area contributed by atoms with Crippen LogP contribution >= 0.6 is 0 Å². The van der Waals surface area contributed by atoms with Gasteiger partial charge in [0, 0.05) is 0 Å². The third-order valence-corrected chi connectivity index (χ3v) is 5.57. The van der Waals surface area contributed by atoms with E-state index in [4.69, 9.17) is 0 Å². The lowest BCUT2D eigenvalue weighted by Crippen LogP contribution is -1.89. The Bertz CT molecular complexity index is 1260. The van der Waals surface area contributed by atoms with Gasteiger partial charge in [0.05, 0.1) is 0 Å². The van der Waals surface area contributed by atoms with Gasteiger partial charge in [0.2, 0.25) is 0 Å². The zero-order valence-corrected chi connectivity index (χ0v) is 16.5. The van der Waals surface area contributed by atoms with Crippen LogP contribution in [0.5, 0.6) is 0 Å². The van der Waals surface area contributed by atoms with Crippen molar-refractivity contribution in [2.24, 2.45) is 0 Å². The largest absolute Gasteiger partial charge is 0.0622 e. The molecule has 0 amide bonds. The monoisotopic (exact) mass is 370 g/mol. The highest BCUT2D eigenvalue weighted by atomic mass is 14.2. The van der Waals surface area contributed by atoms with E-state index < -0.39 is 0 Å². The summed E-state index contributed by atoms with van der Waals surface area (Å²) in [6.45, 7) is 2.14. The summed E-state index contributed by atoms with van der Waals surface area (Å²) in [6, 6.07) is 41.5. The maximum absolute atomic E-state index is 2.26. The van der Waals surface area contributed by atoms with Crippen LogP contribution in [0.25, 0.3) is 44.2 Å². The van der Waals surface area contributed by atoms with Crippen LogP contribution in [0, 0.1) is 6.92 Å². The summed E-state index contributed by atoms with van der Waals surface area (Å²) in [5, 5.41) is 2.56. The summed E-state index contributed by atoms with van der Waals surface area (Å²) in [5.74, 6) is 0. The van der Waals surface area contributed by atoms with E-state index in [9.17, 15) is 0 Å². The summed E-state index contributed by atoms with van der Waals surface area (Å²) >= 11 is 0. The Balaban J connectivity index is 1.69. The van der Waals surface area contributed by atoms with Gasteiger partial charge in [-0.15, -0.1) is 0 Å². The maximum atomic E-state index is 2.26. The number of fused-ring (bicyclic) bond motifs is 1. The standard InChI is InChI=1S/C29H22/c1-21-11-13-26(14-12-21)29-27-10-6-5-9-24(27)19-20-28(29)25-17-15-23(16-18-25)22-7-3-2-4-8-22/h2-20H,1H3. The van der Waals surface area contributed by atoms with Crippen molar-refractivity contribution in [3.05, 3.63) is 121 Å². The van der Waals surface area contributed by atoms with Gasteiger partial charge in [-0.3, -0.25) is 0 Å². The average Bonchev–Trinajstić information content (AvgIpc) is 2.80. The third kappa shape index (κ3) is 3.34. The van der Waals surface area contributed by atoms with Gasteiger partial charge < -0.3 is 0 Å². The molecule has 0 fully saturated rings. The molecule has 0 heterocycles. The van der Waals surface area contributed by atoms with Crippen molar-refractivity contribution in [3.63, 3.8) is 0 Å². The molecule has 0 aliphatic carbocycles. The van der Waals surface area contributed by atoms with Gasteiger partial charge >= 0.3 is 0 Å². The molecule has 0 saturated carbocycles. The first-order chi connectivity index (χ1) is 14.3. The van der Waals surface area contributed by atoms with Gasteiger partial charge in [-0.2, -0.15) is 0 Å².